The number of benzene rings is 2. The average Bonchev–Trinajstić information content (AvgIpc) is 2.48. The van der Waals surface area contributed by atoms with Crippen LogP contribution in [-0.2, 0) is 6.61 Å². The predicted molar refractivity (Wildman–Crippen MR) is 76.4 cm³/mol. The van der Waals surface area contributed by atoms with Gasteiger partial charge in [-0.2, -0.15) is 0 Å². The van der Waals surface area contributed by atoms with E-state index in [0.717, 1.165) is 0 Å². The molecule has 0 aliphatic heterocycles. The average molecular weight is 291 g/mol. The molecule has 6 nitrogen and oxygen atoms in total. The number of rotatable bonds is 5. The van der Waals surface area contributed by atoms with Crippen molar-refractivity contribution in [2.75, 3.05) is 5.43 Å². The summed E-state index contributed by atoms with van der Waals surface area (Å²) in [6.07, 6.45) is 0. The van der Waals surface area contributed by atoms with E-state index >= 15 is 0 Å². The van der Waals surface area contributed by atoms with Crippen molar-refractivity contribution >= 4 is 11.4 Å². The fourth-order valence-electron chi connectivity index (χ4n) is 1.84. The second-order valence-corrected chi connectivity index (χ2v) is 4.43. The van der Waals surface area contributed by atoms with Crippen LogP contribution in [0.25, 0.3) is 0 Å². The molecule has 7 heteroatoms. The molecule has 0 aliphatic rings. The van der Waals surface area contributed by atoms with Gasteiger partial charge in [-0.15, -0.1) is 0 Å². The van der Waals surface area contributed by atoms with E-state index in [-0.39, 0.29) is 23.7 Å². The van der Waals surface area contributed by atoms with Gasteiger partial charge >= 0.3 is 0 Å². The number of nitrogens with one attached hydrogen (secondary N) is 1. The monoisotopic (exact) mass is 291 g/mol. The molecule has 0 atom stereocenters. The Morgan fingerprint density at radius 2 is 2.14 bits per heavy atom. The second kappa shape index (κ2) is 6.19. The van der Waals surface area contributed by atoms with Crippen molar-refractivity contribution in [1.29, 1.82) is 0 Å². The molecule has 0 bridgehead atoms. The van der Waals surface area contributed by atoms with E-state index in [4.69, 9.17) is 10.6 Å². The Morgan fingerprint density at radius 1 is 1.38 bits per heavy atom. The van der Waals surface area contributed by atoms with Gasteiger partial charge in [0.25, 0.3) is 5.69 Å². The molecule has 0 saturated heterocycles. The number of nitro groups is 1. The van der Waals surface area contributed by atoms with Gasteiger partial charge in [0.05, 0.1) is 4.92 Å². The van der Waals surface area contributed by atoms with Crippen molar-refractivity contribution in [1.82, 2.24) is 0 Å². The zero-order valence-corrected chi connectivity index (χ0v) is 11.3. The van der Waals surface area contributed by atoms with Crippen LogP contribution >= 0.6 is 0 Å². The third kappa shape index (κ3) is 3.26. The number of hydrazine groups is 1. The molecule has 3 N–H and O–H groups in total. The van der Waals surface area contributed by atoms with E-state index in [9.17, 15) is 14.5 Å². The number of ether oxygens (including phenoxy) is 1. The van der Waals surface area contributed by atoms with Crippen LogP contribution < -0.4 is 16.0 Å². The molecule has 0 saturated carbocycles. The van der Waals surface area contributed by atoms with Gasteiger partial charge in [-0.25, -0.2) is 4.39 Å². The zero-order valence-electron chi connectivity index (χ0n) is 11.3. The third-order valence-corrected chi connectivity index (χ3v) is 2.96. The van der Waals surface area contributed by atoms with Crippen molar-refractivity contribution in [3.8, 4) is 5.75 Å². The first kappa shape index (κ1) is 14.7. The number of nitrogens with zero attached hydrogens (tertiary/aromatic N) is 1. The molecule has 0 radical (unpaired) electrons. The van der Waals surface area contributed by atoms with E-state index in [2.05, 4.69) is 5.43 Å². The molecule has 0 aromatic heterocycles. The normalized spacial score (nSPS) is 10.2. The number of aryl methyl sites for hydroxylation is 1. The highest BCUT2D eigenvalue weighted by molar-refractivity contribution is 5.62. The third-order valence-electron chi connectivity index (χ3n) is 2.96. The summed E-state index contributed by atoms with van der Waals surface area (Å²) in [6.45, 7) is 1.72. The van der Waals surface area contributed by atoms with E-state index in [0.29, 0.717) is 11.1 Å². The van der Waals surface area contributed by atoms with Crippen LogP contribution in [0.5, 0.6) is 5.75 Å². The van der Waals surface area contributed by atoms with Crippen molar-refractivity contribution in [2.24, 2.45) is 5.84 Å². The molecule has 0 aliphatic carbocycles. The lowest BCUT2D eigenvalue weighted by Crippen LogP contribution is -2.10. The number of nitro benzene ring substituents is 1. The summed E-state index contributed by atoms with van der Waals surface area (Å²) in [6, 6.07) is 9.20. The number of hydrogen-bond acceptors (Lipinski definition) is 5. The van der Waals surface area contributed by atoms with Crippen LogP contribution in [0.4, 0.5) is 15.8 Å². The summed E-state index contributed by atoms with van der Waals surface area (Å²) < 4.78 is 19.2. The summed E-state index contributed by atoms with van der Waals surface area (Å²) in [7, 11) is 0. The van der Waals surface area contributed by atoms with Crippen molar-refractivity contribution in [3.63, 3.8) is 0 Å². The summed E-state index contributed by atoms with van der Waals surface area (Å²) in [5.41, 5.74) is 3.42. The lowest BCUT2D eigenvalue weighted by atomic mass is 10.2. The van der Waals surface area contributed by atoms with Gasteiger partial charge in [0.2, 0.25) is 0 Å². The van der Waals surface area contributed by atoms with Crippen molar-refractivity contribution < 1.29 is 14.1 Å². The highest BCUT2D eigenvalue weighted by atomic mass is 19.1. The molecule has 2 aromatic carbocycles. The molecule has 2 rings (SSSR count). The maximum Gasteiger partial charge on any atom is 0.293 e. The molecular formula is C14H14FN3O3. The Balaban J connectivity index is 2.17. The largest absolute Gasteiger partial charge is 0.486 e. The molecule has 0 unspecified atom stereocenters. The number of nitrogen functional groups attached to an aromatic ring is 1. The Kier molecular flexibility index (Phi) is 4.34. The van der Waals surface area contributed by atoms with Crippen molar-refractivity contribution in [2.45, 2.75) is 13.5 Å². The number of hydrogen-bond donors (Lipinski definition) is 2. The highest BCUT2D eigenvalue weighted by Gasteiger charge is 2.13. The predicted octanol–water partition coefficient (Wildman–Crippen LogP) is 2.91. The standard InChI is InChI=1S/C14H14FN3O3/c1-9-3-2-4-13(14(9)15)21-8-10-5-6-12(18(19)20)11(7-10)17-16/h2-7,17H,8,16H2,1H3. The molecule has 0 heterocycles. The first-order valence-electron chi connectivity index (χ1n) is 6.14. The summed E-state index contributed by atoms with van der Waals surface area (Å²) in [5, 5.41) is 10.8. The molecule has 0 spiro atoms. The lowest BCUT2D eigenvalue weighted by Gasteiger charge is -2.10. The Bertz CT molecular complexity index is 677. The van der Waals surface area contributed by atoms with Crippen LogP contribution in [0.3, 0.4) is 0 Å². The Labute approximate surface area is 120 Å². The molecule has 2 aromatic rings. The SMILES string of the molecule is Cc1cccc(OCc2ccc([N+](=O)[O-])c(NN)c2)c1F. The van der Waals surface area contributed by atoms with Gasteiger partial charge in [0.15, 0.2) is 11.6 Å². The van der Waals surface area contributed by atoms with E-state index in [1.54, 1.807) is 19.1 Å². The fourth-order valence-corrected chi connectivity index (χ4v) is 1.84. The Hall–Kier alpha value is -2.67. The topological polar surface area (TPSA) is 90.4 Å². The molecule has 110 valence electrons. The summed E-state index contributed by atoms with van der Waals surface area (Å²) in [5.74, 6) is 4.97. The minimum Gasteiger partial charge on any atom is -0.486 e. The van der Waals surface area contributed by atoms with Gasteiger partial charge in [-0.05, 0) is 36.2 Å². The maximum atomic E-state index is 13.8. The van der Waals surface area contributed by atoms with Gasteiger partial charge in [-0.3, -0.25) is 16.0 Å². The maximum absolute atomic E-state index is 13.8. The molecule has 0 amide bonds. The number of nitrogens with two attached hydrogens (primary N) is 1. The first-order valence-corrected chi connectivity index (χ1v) is 6.14. The van der Waals surface area contributed by atoms with Crippen LogP contribution in [0, 0.1) is 22.9 Å². The van der Waals surface area contributed by atoms with Gasteiger partial charge < -0.3 is 10.2 Å². The second-order valence-electron chi connectivity index (χ2n) is 4.43. The van der Waals surface area contributed by atoms with Gasteiger partial charge in [-0.1, -0.05) is 12.1 Å². The zero-order chi connectivity index (χ0) is 15.4. The fraction of sp³-hybridized carbons (Fsp3) is 0.143. The molecular weight excluding hydrogens is 277 g/mol. The molecule has 0 fully saturated rings. The van der Waals surface area contributed by atoms with Crippen molar-refractivity contribution in [3.05, 3.63) is 63.5 Å². The quantitative estimate of drug-likeness (QED) is 0.502. The lowest BCUT2D eigenvalue weighted by molar-refractivity contribution is -0.384. The van der Waals surface area contributed by atoms with Crippen LogP contribution in [0.15, 0.2) is 36.4 Å². The first-order chi connectivity index (χ1) is 10.0. The van der Waals surface area contributed by atoms with Gasteiger partial charge in [0, 0.05) is 6.07 Å². The van der Waals surface area contributed by atoms with E-state index < -0.39 is 10.7 Å². The van der Waals surface area contributed by atoms with Crippen LogP contribution in [0.1, 0.15) is 11.1 Å². The summed E-state index contributed by atoms with van der Waals surface area (Å²) >= 11 is 0. The minimum absolute atomic E-state index is 0.0764. The number of anilines is 1. The number of halogens is 1. The van der Waals surface area contributed by atoms with E-state index in [1.807, 2.05) is 0 Å². The smallest absolute Gasteiger partial charge is 0.293 e. The van der Waals surface area contributed by atoms with Crippen LogP contribution in [-0.4, -0.2) is 4.92 Å². The highest BCUT2D eigenvalue weighted by Crippen LogP contribution is 2.26. The molecule has 21 heavy (non-hydrogen) atoms. The van der Waals surface area contributed by atoms with Crippen LogP contribution in [0.2, 0.25) is 0 Å². The minimum atomic E-state index is -0.542. The van der Waals surface area contributed by atoms with E-state index in [1.165, 1.54) is 24.3 Å². The summed E-state index contributed by atoms with van der Waals surface area (Å²) in [4.78, 5) is 10.2. The van der Waals surface area contributed by atoms with Gasteiger partial charge in [0.1, 0.15) is 12.3 Å². The Morgan fingerprint density at radius 3 is 2.81 bits per heavy atom.